The fourth-order valence-electron chi connectivity index (χ4n) is 3.61. The van der Waals surface area contributed by atoms with Gasteiger partial charge in [0.05, 0.1) is 10.6 Å². The lowest BCUT2D eigenvalue weighted by atomic mass is 9.87. The van der Waals surface area contributed by atoms with Crippen molar-refractivity contribution in [2.75, 3.05) is 25.2 Å². The second-order valence-corrected chi connectivity index (χ2v) is 9.58. The predicted octanol–water partition coefficient (Wildman–Crippen LogP) is 3.14. The summed E-state index contributed by atoms with van der Waals surface area (Å²) < 4.78 is 79.7. The van der Waals surface area contributed by atoms with Gasteiger partial charge in [-0.25, -0.2) is 8.42 Å². The number of benzene rings is 2. The monoisotopic (exact) mass is 488 g/mol. The standard InChI is InChI=1S/C21H20F4N2O5S/c1-27-11-14(12-6-5-7-13(10-12)32-21(24,25)20(22)23)17(19(27)29)18(28)26-15-8-3-4-9-16(15)33(2,30)31/h3-10,14,17,20H,11H2,1-2H3,(H,26,28)/t14-,17+/m1/s1. The molecule has 0 spiro atoms. The SMILES string of the molecule is CN1C[C@H](c2cccc(OC(F)(F)C(F)F)c2)[C@@H](C(=O)Nc2ccccc2S(C)(=O)=O)C1=O. The molecule has 0 aliphatic carbocycles. The Morgan fingerprint density at radius 2 is 1.85 bits per heavy atom. The van der Waals surface area contributed by atoms with E-state index in [0.717, 1.165) is 18.4 Å². The number of nitrogens with one attached hydrogen (secondary N) is 1. The molecule has 0 radical (unpaired) electrons. The third kappa shape index (κ3) is 5.27. The van der Waals surface area contributed by atoms with Crippen LogP contribution in [0, 0.1) is 5.92 Å². The number of rotatable bonds is 7. The van der Waals surface area contributed by atoms with Gasteiger partial charge in [0.2, 0.25) is 11.8 Å². The molecular weight excluding hydrogens is 468 g/mol. The number of carbonyl (C=O) groups excluding carboxylic acids is 2. The summed E-state index contributed by atoms with van der Waals surface area (Å²) in [5, 5.41) is 2.46. The fraction of sp³-hybridized carbons (Fsp3) is 0.333. The van der Waals surface area contributed by atoms with Crippen molar-refractivity contribution in [2.24, 2.45) is 5.92 Å². The summed E-state index contributed by atoms with van der Waals surface area (Å²) in [7, 11) is -2.24. The van der Waals surface area contributed by atoms with Crippen LogP contribution < -0.4 is 10.1 Å². The van der Waals surface area contributed by atoms with Gasteiger partial charge in [0.25, 0.3) is 0 Å². The highest BCUT2D eigenvalue weighted by molar-refractivity contribution is 7.90. The minimum absolute atomic E-state index is 0.0141. The number of likely N-dealkylation sites (N-methyl/N-ethyl adjacent to an activating group) is 1. The van der Waals surface area contributed by atoms with Crippen LogP contribution >= 0.6 is 0 Å². The molecule has 1 N–H and O–H groups in total. The van der Waals surface area contributed by atoms with E-state index in [-0.39, 0.29) is 22.7 Å². The molecule has 1 heterocycles. The maximum Gasteiger partial charge on any atom is 0.461 e. The fourth-order valence-corrected chi connectivity index (χ4v) is 4.45. The number of amides is 2. The number of ether oxygens (including phenoxy) is 1. The molecule has 3 rings (SSSR count). The van der Waals surface area contributed by atoms with Gasteiger partial charge < -0.3 is 15.0 Å². The van der Waals surface area contributed by atoms with Gasteiger partial charge in [-0.3, -0.25) is 9.59 Å². The molecule has 1 saturated heterocycles. The van der Waals surface area contributed by atoms with Crippen LogP contribution in [0.2, 0.25) is 0 Å². The van der Waals surface area contributed by atoms with Gasteiger partial charge in [-0.1, -0.05) is 24.3 Å². The number of anilines is 1. The summed E-state index contributed by atoms with van der Waals surface area (Å²) in [6.07, 6.45) is -7.79. The summed E-state index contributed by atoms with van der Waals surface area (Å²) in [6.45, 7) is 0.0410. The predicted molar refractivity (Wildman–Crippen MR) is 110 cm³/mol. The lowest BCUT2D eigenvalue weighted by molar-refractivity contribution is -0.253. The van der Waals surface area contributed by atoms with Gasteiger partial charge in [-0.05, 0) is 29.8 Å². The lowest BCUT2D eigenvalue weighted by Gasteiger charge is -2.20. The Labute approximate surface area is 187 Å². The maximum atomic E-state index is 13.3. The molecule has 0 saturated carbocycles. The molecule has 1 aliphatic rings. The topological polar surface area (TPSA) is 92.8 Å². The average molecular weight is 488 g/mol. The van der Waals surface area contributed by atoms with Gasteiger partial charge in [-0.2, -0.15) is 17.6 Å². The van der Waals surface area contributed by atoms with E-state index in [4.69, 9.17) is 0 Å². The van der Waals surface area contributed by atoms with Crippen LogP contribution in [0.3, 0.4) is 0 Å². The third-order valence-corrected chi connectivity index (χ3v) is 6.29. The van der Waals surface area contributed by atoms with E-state index in [2.05, 4.69) is 10.1 Å². The van der Waals surface area contributed by atoms with E-state index in [1.165, 1.54) is 48.3 Å². The zero-order chi connectivity index (χ0) is 24.6. The largest absolute Gasteiger partial charge is 0.461 e. The van der Waals surface area contributed by atoms with Gasteiger partial charge in [-0.15, -0.1) is 0 Å². The Kier molecular flexibility index (Phi) is 6.68. The number of alkyl halides is 4. The first kappa shape index (κ1) is 24.5. The zero-order valence-electron chi connectivity index (χ0n) is 17.5. The first-order valence-electron chi connectivity index (χ1n) is 9.61. The molecule has 33 heavy (non-hydrogen) atoms. The average Bonchev–Trinajstić information content (AvgIpc) is 3.02. The second-order valence-electron chi connectivity index (χ2n) is 7.60. The van der Waals surface area contributed by atoms with Crippen molar-refractivity contribution in [1.29, 1.82) is 0 Å². The van der Waals surface area contributed by atoms with Crippen LogP contribution in [0.15, 0.2) is 53.4 Å². The van der Waals surface area contributed by atoms with E-state index >= 15 is 0 Å². The summed E-state index contributed by atoms with van der Waals surface area (Å²) in [4.78, 5) is 26.9. The second kappa shape index (κ2) is 9.00. The normalized spacial score (nSPS) is 19.1. The highest BCUT2D eigenvalue weighted by Crippen LogP contribution is 2.37. The van der Waals surface area contributed by atoms with Crippen molar-refractivity contribution >= 4 is 27.3 Å². The van der Waals surface area contributed by atoms with E-state index in [0.29, 0.717) is 0 Å². The molecule has 2 aromatic rings. The molecule has 0 unspecified atom stereocenters. The van der Waals surface area contributed by atoms with Crippen LogP contribution in [-0.4, -0.2) is 57.5 Å². The van der Waals surface area contributed by atoms with Crippen molar-refractivity contribution in [1.82, 2.24) is 4.90 Å². The Morgan fingerprint density at radius 1 is 1.18 bits per heavy atom. The number of para-hydroxylation sites is 1. The third-order valence-electron chi connectivity index (χ3n) is 5.14. The number of nitrogens with zero attached hydrogens (tertiary/aromatic N) is 1. The van der Waals surface area contributed by atoms with E-state index < -0.39 is 51.8 Å². The Morgan fingerprint density at radius 3 is 2.48 bits per heavy atom. The van der Waals surface area contributed by atoms with Gasteiger partial charge in [0.1, 0.15) is 11.7 Å². The molecule has 0 aromatic heterocycles. The summed E-state index contributed by atoms with van der Waals surface area (Å²) in [5.41, 5.74) is 0.228. The molecule has 12 heteroatoms. The number of likely N-dealkylation sites (tertiary alicyclic amines) is 1. The quantitative estimate of drug-likeness (QED) is 0.478. The van der Waals surface area contributed by atoms with Crippen LogP contribution in [0.1, 0.15) is 11.5 Å². The first-order chi connectivity index (χ1) is 15.3. The highest BCUT2D eigenvalue weighted by Gasteiger charge is 2.46. The number of sulfone groups is 1. The van der Waals surface area contributed by atoms with Crippen LogP contribution in [-0.2, 0) is 19.4 Å². The molecule has 2 aromatic carbocycles. The molecule has 1 aliphatic heterocycles. The van der Waals surface area contributed by atoms with Crippen molar-refractivity contribution in [3.8, 4) is 5.75 Å². The molecular formula is C21H20F4N2O5S. The van der Waals surface area contributed by atoms with Gasteiger partial charge >= 0.3 is 12.5 Å². The summed E-state index contributed by atoms with van der Waals surface area (Å²) in [6, 6.07) is 10.5. The number of hydrogen-bond acceptors (Lipinski definition) is 5. The van der Waals surface area contributed by atoms with E-state index in [1.807, 2.05) is 0 Å². The molecule has 7 nitrogen and oxygen atoms in total. The van der Waals surface area contributed by atoms with E-state index in [1.54, 1.807) is 0 Å². The van der Waals surface area contributed by atoms with Crippen molar-refractivity contribution in [2.45, 2.75) is 23.3 Å². The summed E-state index contributed by atoms with van der Waals surface area (Å²) in [5.74, 6) is -4.06. The minimum Gasteiger partial charge on any atom is -0.428 e. The molecule has 178 valence electrons. The maximum absolute atomic E-state index is 13.3. The number of halogens is 4. The molecule has 2 amide bonds. The molecule has 0 bridgehead atoms. The van der Waals surface area contributed by atoms with Gasteiger partial charge in [0.15, 0.2) is 9.84 Å². The minimum atomic E-state index is -4.72. The van der Waals surface area contributed by atoms with E-state index in [9.17, 15) is 35.6 Å². The lowest BCUT2D eigenvalue weighted by Crippen LogP contribution is -2.34. The number of hydrogen-bond donors (Lipinski definition) is 1. The summed E-state index contributed by atoms with van der Waals surface area (Å²) >= 11 is 0. The van der Waals surface area contributed by atoms with Crippen LogP contribution in [0.5, 0.6) is 5.75 Å². The Bertz CT molecular complexity index is 1170. The Hall–Kier alpha value is -3.15. The van der Waals surface area contributed by atoms with Gasteiger partial charge in [0, 0.05) is 25.8 Å². The molecule has 2 atom stereocenters. The zero-order valence-corrected chi connectivity index (χ0v) is 18.3. The number of carbonyl (C=O) groups is 2. The Balaban J connectivity index is 1.91. The van der Waals surface area contributed by atoms with Crippen molar-refractivity contribution < 1.29 is 40.3 Å². The highest BCUT2D eigenvalue weighted by atomic mass is 32.2. The van der Waals surface area contributed by atoms with Crippen LogP contribution in [0.4, 0.5) is 23.2 Å². The van der Waals surface area contributed by atoms with Crippen molar-refractivity contribution in [3.05, 3.63) is 54.1 Å². The first-order valence-corrected chi connectivity index (χ1v) is 11.5. The van der Waals surface area contributed by atoms with Crippen molar-refractivity contribution in [3.63, 3.8) is 0 Å². The molecule has 1 fully saturated rings. The van der Waals surface area contributed by atoms with Crippen LogP contribution in [0.25, 0.3) is 0 Å². The smallest absolute Gasteiger partial charge is 0.428 e.